The Labute approximate surface area is 78.6 Å². The van der Waals surface area contributed by atoms with E-state index in [2.05, 4.69) is 27.8 Å². The van der Waals surface area contributed by atoms with Crippen molar-refractivity contribution in [3.63, 3.8) is 0 Å². The van der Waals surface area contributed by atoms with Crippen LogP contribution in [0.5, 0.6) is 12.2 Å². The van der Waals surface area contributed by atoms with E-state index in [1.54, 1.807) is 0 Å². The van der Waals surface area contributed by atoms with Gasteiger partial charge < -0.3 is 8.83 Å². The van der Waals surface area contributed by atoms with Gasteiger partial charge in [-0.05, 0) is 0 Å². The molecule has 0 aromatic carbocycles. The molecule has 0 bridgehead atoms. The van der Waals surface area contributed by atoms with Crippen LogP contribution in [-0.4, -0.2) is 9.97 Å². The molecule has 7 nitrogen and oxygen atoms in total. The van der Waals surface area contributed by atoms with Gasteiger partial charge in [-0.2, -0.15) is 19.0 Å². The predicted octanol–water partition coefficient (Wildman–Crippen LogP) is 1.78. The van der Waals surface area contributed by atoms with Crippen LogP contribution >= 0.6 is 8.25 Å². The minimum absolute atomic E-state index is 0.141. The van der Waals surface area contributed by atoms with E-state index in [4.69, 9.17) is 0 Å². The van der Waals surface area contributed by atoms with Crippen LogP contribution in [0, 0.1) is 0 Å². The van der Waals surface area contributed by atoms with Crippen molar-refractivity contribution in [2.75, 3.05) is 0 Å². The van der Waals surface area contributed by atoms with Gasteiger partial charge in [-0.3, -0.25) is 0 Å². The van der Waals surface area contributed by atoms with Crippen LogP contribution in [0.3, 0.4) is 0 Å². The Morgan fingerprint density at radius 3 is 1.93 bits per heavy atom. The highest BCUT2D eigenvalue weighted by Gasteiger charge is 2.29. The van der Waals surface area contributed by atoms with Gasteiger partial charge in [-0.1, -0.05) is 0 Å². The van der Waals surface area contributed by atoms with E-state index in [9.17, 15) is 4.57 Å². The van der Waals surface area contributed by atoms with Crippen LogP contribution in [0.25, 0.3) is 0 Å². The highest BCUT2D eigenvalue weighted by molar-refractivity contribution is 7.34. The molecule has 0 unspecified atom stereocenters. The fraction of sp³-hybridized carbons (Fsp3) is 0. The maximum absolute atomic E-state index is 11.1. The molecule has 8 heteroatoms. The summed E-state index contributed by atoms with van der Waals surface area (Å²) in [5.74, 6) is 0. The predicted molar refractivity (Wildman–Crippen MR) is 41.9 cm³/mol. The highest BCUT2D eigenvalue weighted by atomic mass is 31.1. The van der Waals surface area contributed by atoms with Gasteiger partial charge in [-0.25, -0.2) is 0 Å². The fourth-order valence-electron chi connectivity index (χ4n) is 0.657. The molecule has 72 valence electrons. The summed E-state index contributed by atoms with van der Waals surface area (Å²) in [6.45, 7) is 0. The van der Waals surface area contributed by atoms with Gasteiger partial charge in [0.25, 0.3) is 0 Å². The average molecular weight is 215 g/mol. The molecule has 0 atom stereocenters. The number of nitrogens with zero attached hydrogens (tertiary/aromatic N) is 2. The lowest BCUT2D eigenvalue weighted by atomic mass is 11.0. The SMILES string of the molecule is O=[P+](Oc1ncco1)Oc1ncco1. The molecule has 0 spiro atoms. The van der Waals surface area contributed by atoms with Gasteiger partial charge in [0.05, 0.1) is 12.4 Å². The van der Waals surface area contributed by atoms with E-state index < -0.39 is 8.25 Å². The van der Waals surface area contributed by atoms with Crippen molar-refractivity contribution in [1.82, 2.24) is 9.97 Å². The number of hydrogen-bond acceptors (Lipinski definition) is 7. The Bertz CT molecular complexity index is 360. The first-order valence-electron chi connectivity index (χ1n) is 3.47. The summed E-state index contributed by atoms with van der Waals surface area (Å²) in [6.07, 6.45) is 4.98. The topological polar surface area (TPSA) is 87.6 Å². The van der Waals surface area contributed by atoms with Crippen LogP contribution in [-0.2, 0) is 4.57 Å². The van der Waals surface area contributed by atoms with E-state index in [1.165, 1.54) is 24.9 Å². The standard InChI is InChI=1S/C6H4N2O5P/c9-14(12-5-7-1-3-10-5)13-6-8-2-4-11-6/h1-4H/q+1. The zero-order valence-electron chi connectivity index (χ0n) is 6.69. The molecule has 14 heavy (non-hydrogen) atoms. The molecule has 0 aliphatic rings. The zero-order valence-corrected chi connectivity index (χ0v) is 7.59. The van der Waals surface area contributed by atoms with Crippen molar-refractivity contribution in [3.8, 4) is 12.2 Å². The second kappa shape index (κ2) is 3.89. The summed E-state index contributed by atoms with van der Waals surface area (Å²) in [7, 11) is -2.44. The number of aromatic nitrogens is 2. The second-order valence-electron chi connectivity index (χ2n) is 2.00. The van der Waals surface area contributed by atoms with Crippen LogP contribution in [0.2, 0.25) is 0 Å². The lowest BCUT2D eigenvalue weighted by Gasteiger charge is -1.82. The van der Waals surface area contributed by atoms with E-state index in [0.29, 0.717) is 0 Å². The number of rotatable bonds is 4. The Kier molecular flexibility index (Phi) is 2.42. The molecule has 2 rings (SSSR count). The summed E-state index contributed by atoms with van der Waals surface area (Å²) in [5.41, 5.74) is 0. The largest absolute Gasteiger partial charge is 0.815 e. The fourth-order valence-corrected chi connectivity index (χ4v) is 1.13. The van der Waals surface area contributed by atoms with Gasteiger partial charge in [0, 0.05) is 4.57 Å². The first-order chi connectivity index (χ1) is 6.84. The van der Waals surface area contributed by atoms with E-state index in [1.807, 2.05) is 0 Å². The lowest BCUT2D eigenvalue weighted by molar-refractivity contribution is 0.307. The summed E-state index contributed by atoms with van der Waals surface area (Å²) in [4.78, 5) is 7.16. The monoisotopic (exact) mass is 215 g/mol. The molecule has 0 saturated carbocycles. The summed E-state index contributed by atoms with van der Waals surface area (Å²) in [6, 6.07) is 0. The average Bonchev–Trinajstić information content (AvgIpc) is 2.76. The summed E-state index contributed by atoms with van der Waals surface area (Å²) in [5, 5.41) is 0. The minimum Gasteiger partial charge on any atom is -0.414 e. The van der Waals surface area contributed by atoms with Crippen molar-refractivity contribution >= 4 is 8.25 Å². The summed E-state index contributed by atoms with van der Waals surface area (Å²) < 4.78 is 29.7. The van der Waals surface area contributed by atoms with E-state index in [0.717, 1.165) is 0 Å². The van der Waals surface area contributed by atoms with Crippen molar-refractivity contribution in [2.45, 2.75) is 0 Å². The molecule has 2 heterocycles. The molecule has 2 aromatic rings. The summed E-state index contributed by atoms with van der Waals surface area (Å²) >= 11 is 0. The third kappa shape index (κ3) is 2.08. The lowest BCUT2D eigenvalue weighted by Crippen LogP contribution is -1.88. The molecule has 0 fully saturated rings. The molecule has 0 radical (unpaired) electrons. The van der Waals surface area contributed by atoms with Gasteiger partial charge >= 0.3 is 20.4 Å². The third-order valence-corrected chi connectivity index (χ3v) is 1.74. The van der Waals surface area contributed by atoms with Crippen LogP contribution in [0.4, 0.5) is 0 Å². The third-order valence-electron chi connectivity index (χ3n) is 1.12. The quantitative estimate of drug-likeness (QED) is 0.718. The van der Waals surface area contributed by atoms with Crippen molar-refractivity contribution in [1.29, 1.82) is 0 Å². The second-order valence-corrected chi connectivity index (χ2v) is 2.81. The number of hydrogen-bond donors (Lipinski definition) is 0. The maximum atomic E-state index is 11.1. The first-order valence-corrected chi connectivity index (χ1v) is 4.56. The van der Waals surface area contributed by atoms with Gasteiger partial charge in [-0.15, -0.1) is 0 Å². The molecule has 0 amide bonds. The zero-order chi connectivity index (χ0) is 9.80. The first kappa shape index (κ1) is 8.71. The molecule has 0 N–H and O–H groups in total. The molecule has 2 aromatic heterocycles. The smallest absolute Gasteiger partial charge is 0.414 e. The van der Waals surface area contributed by atoms with Gasteiger partial charge in [0.15, 0.2) is 0 Å². The molecule has 0 saturated heterocycles. The van der Waals surface area contributed by atoms with Gasteiger partial charge in [0.1, 0.15) is 12.5 Å². The van der Waals surface area contributed by atoms with Crippen LogP contribution in [0.15, 0.2) is 33.8 Å². The van der Waals surface area contributed by atoms with Crippen molar-refractivity contribution < 1.29 is 22.4 Å². The van der Waals surface area contributed by atoms with Crippen LogP contribution in [0.1, 0.15) is 0 Å². The Morgan fingerprint density at radius 2 is 1.57 bits per heavy atom. The normalized spacial score (nSPS) is 9.71. The van der Waals surface area contributed by atoms with Gasteiger partial charge in [0.2, 0.25) is 0 Å². The molecule has 0 aliphatic carbocycles. The Morgan fingerprint density at radius 1 is 1.07 bits per heavy atom. The van der Waals surface area contributed by atoms with Crippen molar-refractivity contribution in [2.24, 2.45) is 0 Å². The van der Waals surface area contributed by atoms with E-state index >= 15 is 0 Å². The van der Waals surface area contributed by atoms with Crippen LogP contribution < -0.4 is 9.05 Å². The molecular weight excluding hydrogens is 211 g/mol. The Balaban J connectivity index is 1.91. The highest BCUT2D eigenvalue weighted by Crippen LogP contribution is 2.27. The Hall–Kier alpha value is -1.88. The number of oxazole rings is 2. The van der Waals surface area contributed by atoms with Crippen molar-refractivity contribution in [3.05, 3.63) is 24.9 Å². The molecule has 0 aliphatic heterocycles. The molecular formula is C6H4N2O5P+. The van der Waals surface area contributed by atoms with E-state index in [-0.39, 0.29) is 12.2 Å². The maximum Gasteiger partial charge on any atom is 0.815 e. The minimum atomic E-state index is -2.44.